The Bertz CT molecular complexity index is 990. The summed E-state index contributed by atoms with van der Waals surface area (Å²) in [5.74, 6) is 1.31. The van der Waals surface area contributed by atoms with Crippen molar-refractivity contribution in [2.45, 2.75) is 37.5 Å². The van der Waals surface area contributed by atoms with Crippen molar-refractivity contribution in [3.8, 4) is 5.75 Å². The predicted molar refractivity (Wildman–Crippen MR) is 103 cm³/mol. The number of imidazole rings is 1. The number of fused-ring (bicyclic) bond motifs is 1. The van der Waals surface area contributed by atoms with Crippen LogP contribution in [0.1, 0.15) is 18.7 Å². The molecule has 1 aliphatic heterocycles. The van der Waals surface area contributed by atoms with Crippen LogP contribution >= 0.6 is 0 Å². The smallest absolute Gasteiger partial charge is 0.168 e. The van der Waals surface area contributed by atoms with E-state index in [0.29, 0.717) is 23.5 Å². The molecule has 0 bridgehead atoms. The number of hydrogen-bond acceptors (Lipinski definition) is 9. The third-order valence-electron chi connectivity index (χ3n) is 5.16. The van der Waals surface area contributed by atoms with Gasteiger partial charge in [-0.05, 0) is 24.6 Å². The molecule has 0 radical (unpaired) electrons. The molecule has 154 valence electrons. The molecule has 10 nitrogen and oxygen atoms in total. The molecule has 3 heterocycles. The van der Waals surface area contributed by atoms with Crippen LogP contribution in [0.5, 0.6) is 5.75 Å². The lowest BCUT2D eigenvalue weighted by Gasteiger charge is -2.27. The summed E-state index contributed by atoms with van der Waals surface area (Å²) in [6.45, 7) is 1.56. The van der Waals surface area contributed by atoms with Crippen molar-refractivity contribution < 1.29 is 24.8 Å². The number of rotatable bonds is 6. The quantitative estimate of drug-likeness (QED) is 0.464. The van der Waals surface area contributed by atoms with E-state index in [4.69, 9.17) is 9.47 Å². The highest BCUT2D eigenvalue weighted by atomic mass is 16.6. The number of aromatic nitrogens is 4. The van der Waals surface area contributed by atoms with Gasteiger partial charge in [-0.3, -0.25) is 4.57 Å². The van der Waals surface area contributed by atoms with Crippen LogP contribution in [-0.4, -0.2) is 66.4 Å². The molecule has 4 N–H and O–H groups in total. The van der Waals surface area contributed by atoms with Crippen LogP contribution in [0.15, 0.2) is 36.9 Å². The minimum Gasteiger partial charge on any atom is -0.497 e. The number of ether oxygens (including phenoxy) is 2. The zero-order valence-electron chi connectivity index (χ0n) is 16.1. The van der Waals surface area contributed by atoms with Crippen LogP contribution < -0.4 is 10.1 Å². The van der Waals surface area contributed by atoms with Crippen molar-refractivity contribution in [2.75, 3.05) is 19.0 Å². The van der Waals surface area contributed by atoms with Gasteiger partial charge in [0.15, 0.2) is 23.2 Å². The third kappa shape index (κ3) is 3.40. The van der Waals surface area contributed by atoms with Crippen molar-refractivity contribution >= 4 is 17.0 Å². The number of benzene rings is 1. The van der Waals surface area contributed by atoms with Crippen molar-refractivity contribution in [3.63, 3.8) is 0 Å². The molecular formula is C19H23N5O5. The summed E-state index contributed by atoms with van der Waals surface area (Å²) in [5, 5.41) is 33.6. The average molecular weight is 401 g/mol. The Hall–Kier alpha value is -2.79. The number of methoxy groups -OCH3 is 1. The maximum absolute atomic E-state index is 10.7. The predicted octanol–water partition coefficient (Wildman–Crippen LogP) is 0.449. The zero-order chi connectivity index (χ0) is 20.6. The van der Waals surface area contributed by atoms with Gasteiger partial charge in [0, 0.05) is 6.54 Å². The molecular weight excluding hydrogens is 378 g/mol. The van der Waals surface area contributed by atoms with E-state index in [-0.39, 0.29) is 0 Å². The molecule has 0 amide bonds. The van der Waals surface area contributed by atoms with E-state index in [9.17, 15) is 15.3 Å². The first kappa shape index (κ1) is 19.5. The Balaban J connectivity index is 1.60. The van der Waals surface area contributed by atoms with E-state index in [2.05, 4.69) is 20.3 Å². The lowest BCUT2D eigenvalue weighted by atomic mass is 9.96. The summed E-state index contributed by atoms with van der Waals surface area (Å²) in [4.78, 5) is 12.9. The molecule has 1 saturated heterocycles. The Morgan fingerprint density at radius 3 is 2.66 bits per heavy atom. The van der Waals surface area contributed by atoms with Gasteiger partial charge in [0.1, 0.15) is 29.9 Å². The van der Waals surface area contributed by atoms with Crippen molar-refractivity contribution in [3.05, 3.63) is 42.5 Å². The van der Waals surface area contributed by atoms with Gasteiger partial charge in [0.05, 0.1) is 20.0 Å². The highest BCUT2D eigenvalue weighted by Crippen LogP contribution is 2.39. The number of aliphatic hydroxyl groups excluding tert-OH is 2. The normalized spacial score (nSPS) is 26.7. The molecule has 2 aromatic heterocycles. The van der Waals surface area contributed by atoms with E-state index in [1.807, 2.05) is 24.3 Å². The third-order valence-corrected chi connectivity index (χ3v) is 5.16. The first-order valence-corrected chi connectivity index (χ1v) is 9.16. The maximum atomic E-state index is 10.7. The van der Waals surface area contributed by atoms with Gasteiger partial charge in [-0.15, -0.1) is 0 Å². The minimum atomic E-state index is -1.62. The standard InChI is InChI=1S/C19H23N5O5/c1-19(27)15(26)13(8-25)29-18(19)24-10-23-14-16(21-9-22-17(14)24)20-7-11-3-5-12(28-2)6-4-11/h3-6,9-10,13,15,18,25-27H,7-8H2,1-2H3,(H,20,21,22)/t13-,15-,18-,19-/m1/s1. The average Bonchev–Trinajstić information content (AvgIpc) is 3.26. The van der Waals surface area contributed by atoms with Crippen LogP contribution in [0.4, 0.5) is 5.82 Å². The van der Waals surface area contributed by atoms with E-state index < -0.39 is 30.6 Å². The van der Waals surface area contributed by atoms with Crippen LogP contribution in [0, 0.1) is 0 Å². The van der Waals surface area contributed by atoms with E-state index >= 15 is 0 Å². The van der Waals surface area contributed by atoms with Crippen molar-refractivity contribution in [1.82, 2.24) is 19.5 Å². The van der Waals surface area contributed by atoms with Gasteiger partial charge >= 0.3 is 0 Å². The van der Waals surface area contributed by atoms with Crippen LogP contribution in [0.25, 0.3) is 11.2 Å². The second-order valence-corrected chi connectivity index (χ2v) is 7.13. The summed E-state index contributed by atoms with van der Waals surface area (Å²) in [7, 11) is 1.62. The molecule has 4 atom stereocenters. The lowest BCUT2D eigenvalue weighted by Crippen LogP contribution is -2.44. The molecule has 1 fully saturated rings. The Kier molecular flexibility index (Phi) is 5.09. The molecule has 3 aromatic rings. The topological polar surface area (TPSA) is 135 Å². The molecule has 4 rings (SSSR count). The Morgan fingerprint density at radius 2 is 2.00 bits per heavy atom. The first-order chi connectivity index (χ1) is 14.0. The Morgan fingerprint density at radius 1 is 1.24 bits per heavy atom. The fourth-order valence-corrected chi connectivity index (χ4v) is 3.47. The molecule has 0 aliphatic carbocycles. The molecule has 0 saturated carbocycles. The largest absolute Gasteiger partial charge is 0.497 e. The summed E-state index contributed by atoms with van der Waals surface area (Å²) in [6.07, 6.45) is -0.236. The molecule has 0 spiro atoms. The van der Waals surface area contributed by atoms with E-state index in [1.165, 1.54) is 24.1 Å². The molecule has 29 heavy (non-hydrogen) atoms. The highest BCUT2D eigenvalue weighted by molar-refractivity contribution is 5.82. The SMILES string of the molecule is COc1ccc(CNc2ncnc3c2ncn3[C@@H]2O[C@H](CO)[C@@H](O)[C@@]2(C)O)cc1. The maximum Gasteiger partial charge on any atom is 0.168 e. The molecule has 0 unspecified atom stereocenters. The molecule has 10 heteroatoms. The molecule has 1 aromatic carbocycles. The van der Waals surface area contributed by atoms with Gasteiger partial charge in [0.25, 0.3) is 0 Å². The van der Waals surface area contributed by atoms with E-state index in [1.54, 1.807) is 7.11 Å². The minimum absolute atomic E-state index is 0.413. The van der Waals surface area contributed by atoms with Gasteiger partial charge < -0.3 is 30.1 Å². The van der Waals surface area contributed by atoms with Gasteiger partial charge in [-0.1, -0.05) is 12.1 Å². The number of hydrogen-bond donors (Lipinski definition) is 4. The summed E-state index contributed by atoms with van der Waals surface area (Å²) >= 11 is 0. The zero-order valence-corrected chi connectivity index (χ0v) is 16.1. The van der Waals surface area contributed by atoms with Crippen molar-refractivity contribution in [1.29, 1.82) is 0 Å². The number of aliphatic hydroxyl groups is 3. The van der Waals surface area contributed by atoms with Crippen LogP contribution in [-0.2, 0) is 11.3 Å². The summed E-state index contributed by atoms with van der Waals surface area (Å²) in [5.41, 5.74) is 0.353. The fourth-order valence-electron chi connectivity index (χ4n) is 3.47. The first-order valence-electron chi connectivity index (χ1n) is 9.16. The summed E-state index contributed by atoms with van der Waals surface area (Å²) in [6, 6.07) is 7.65. The number of nitrogens with zero attached hydrogens (tertiary/aromatic N) is 4. The van der Waals surface area contributed by atoms with Gasteiger partial charge in [-0.2, -0.15) is 0 Å². The van der Waals surface area contributed by atoms with Gasteiger partial charge in [-0.25, -0.2) is 15.0 Å². The van der Waals surface area contributed by atoms with Crippen molar-refractivity contribution in [2.24, 2.45) is 0 Å². The second kappa shape index (κ2) is 7.56. The van der Waals surface area contributed by atoms with Crippen LogP contribution in [0.2, 0.25) is 0 Å². The Labute approximate surface area is 166 Å². The summed E-state index contributed by atoms with van der Waals surface area (Å²) < 4.78 is 12.4. The molecule has 1 aliphatic rings. The van der Waals surface area contributed by atoms with Crippen LogP contribution in [0.3, 0.4) is 0 Å². The second-order valence-electron chi connectivity index (χ2n) is 7.13. The van der Waals surface area contributed by atoms with Gasteiger partial charge in [0.2, 0.25) is 0 Å². The highest BCUT2D eigenvalue weighted by Gasteiger charge is 2.53. The number of anilines is 1. The lowest BCUT2D eigenvalue weighted by molar-refractivity contribution is -0.0950. The van der Waals surface area contributed by atoms with E-state index in [0.717, 1.165) is 11.3 Å². The monoisotopic (exact) mass is 401 g/mol. The number of nitrogens with one attached hydrogen (secondary N) is 1. The fraction of sp³-hybridized carbons (Fsp3) is 0.421.